The Morgan fingerprint density at radius 2 is 1.46 bits per heavy atom. The van der Waals surface area contributed by atoms with Crippen LogP contribution in [0, 0.1) is 6.92 Å². The number of rotatable bonds is 7. The van der Waals surface area contributed by atoms with E-state index in [4.69, 9.17) is 41.5 Å². The summed E-state index contributed by atoms with van der Waals surface area (Å²) >= 11 is 5.86. The number of nitrogens with two attached hydrogens (primary N) is 2. The molecule has 0 heterocycles. The molecule has 0 aromatic heterocycles. The molecule has 7 N–H and O–H groups in total. The van der Waals surface area contributed by atoms with Gasteiger partial charge in [-0.1, -0.05) is 37.9 Å². The van der Waals surface area contributed by atoms with Gasteiger partial charge < -0.3 is 16.2 Å². The van der Waals surface area contributed by atoms with Crippen LogP contribution in [0.1, 0.15) is 32.3 Å². The topological polar surface area (TPSA) is 224 Å². The van der Waals surface area contributed by atoms with E-state index < -0.39 is 40.1 Å². The van der Waals surface area contributed by atoms with Gasteiger partial charge in [0.05, 0.1) is 22.9 Å². The van der Waals surface area contributed by atoms with Gasteiger partial charge in [-0.25, -0.2) is 0 Å². The molecule has 0 amide bonds. The van der Waals surface area contributed by atoms with Crippen molar-refractivity contribution in [2.24, 2.45) is 0 Å². The van der Waals surface area contributed by atoms with Gasteiger partial charge >= 0.3 is 0 Å². The zero-order valence-corrected chi connectivity index (χ0v) is 24.5. The van der Waals surface area contributed by atoms with E-state index >= 15 is 0 Å². The van der Waals surface area contributed by atoms with Crippen molar-refractivity contribution >= 4 is 64.1 Å². The van der Waals surface area contributed by atoms with Crippen molar-refractivity contribution < 1.29 is 43.6 Å². The van der Waals surface area contributed by atoms with Crippen molar-refractivity contribution in [3.63, 3.8) is 0 Å². The predicted octanol–water partition coefficient (Wildman–Crippen LogP) is 4.22. The molecule has 39 heavy (non-hydrogen) atoms. The van der Waals surface area contributed by atoms with E-state index in [9.17, 15) is 25.3 Å². The second-order valence-electron chi connectivity index (χ2n) is 8.19. The number of nitrogen functional groups attached to an aromatic ring is 2. The molecule has 3 aromatic rings. The third-order valence-corrected chi connectivity index (χ3v) is 7.52. The highest BCUT2D eigenvalue weighted by atomic mass is 35.5. The Kier molecular flexibility index (Phi) is 12.4. The zero-order chi connectivity index (χ0) is 30.2. The molecule has 0 aliphatic heterocycles. The summed E-state index contributed by atoms with van der Waals surface area (Å²) in [7, 11) is -13.2. The molecule has 3 rings (SSSR count). The van der Waals surface area contributed by atoms with Crippen LogP contribution in [0.3, 0.4) is 0 Å². The lowest BCUT2D eigenvalue weighted by atomic mass is 10.1. The lowest BCUT2D eigenvalue weighted by Gasteiger charge is -2.10. The summed E-state index contributed by atoms with van der Waals surface area (Å²) in [5.41, 5.74) is 12.7. The Balaban J connectivity index is 0.000000357. The minimum Gasteiger partial charge on any atom is -0.491 e. The normalized spacial score (nSPS) is 11.7. The summed E-state index contributed by atoms with van der Waals surface area (Å²) in [6.45, 7) is 6.22. The molecular formula is C23H31ClN2O10S3. The van der Waals surface area contributed by atoms with E-state index in [-0.39, 0.29) is 35.2 Å². The average molecular weight is 627 g/mol. The molecule has 0 radical (unpaired) electrons. The van der Waals surface area contributed by atoms with Crippen molar-refractivity contribution in [3.05, 3.63) is 53.1 Å². The number of fused-ring (bicyclic) bond motifs is 1. The van der Waals surface area contributed by atoms with Gasteiger partial charge in [-0.3, -0.25) is 13.7 Å². The van der Waals surface area contributed by atoms with Gasteiger partial charge in [0, 0.05) is 16.1 Å². The van der Waals surface area contributed by atoms with Gasteiger partial charge in [0.15, 0.2) is 0 Å². The third-order valence-electron chi connectivity index (χ3n) is 4.58. The zero-order valence-electron chi connectivity index (χ0n) is 21.3. The smallest absolute Gasteiger partial charge is 0.295 e. The highest BCUT2D eigenvalue weighted by Gasteiger charge is 2.20. The largest absolute Gasteiger partial charge is 0.491 e. The molecule has 0 spiro atoms. The van der Waals surface area contributed by atoms with Crippen LogP contribution in [0.5, 0.6) is 5.75 Å². The maximum atomic E-state index is 11.3. The first-order chi connectivity index (χ1) is 17.8. The molecular weight excluding hydrogens is 596 g/mol. The maximum Gasteiger partial charge on any atom is 0.295 e. The summed E-state index contributed by atoms with van der Waals surface area (Å²) in [6.07, 6.45) is 1.44. The monoisotopic (exact) mass is 626 g/mol. The second-order valence-corrected chi connectivity index (χ2v) is 13.0. The minimum atomic E-state index is -4.66. The van der Waals surface area contributed by atoms with Gasteiger partial charge in [-0.15, -0.1) is 0 Å². The molecule has 0 aliphatic carbocycles. The first-order valence-corrected chi connectivity index (χ1v) is 16.1. The van der Waals surface area contributed by atoms with E-state index in [0.717, 1.165) is 11.6 Å². The van der Waals surface area contributed by atoms with Crippen LogP contribution in [0.4, 0.5) is 11.4 Å². The van der Waals surface area contributed by atoms with Crippen molar-refractivity contribution in [2.75, 3.05) is 23.8 Å². The number of halogens is 1. The highest BCUT2D eigenvalue weighted by Crippen LogP contribution is 2.29. The van der Waals surface area contributed by atoms with Gasteiger partial charge in [0.1, 0.15) is 10.6 Å². The van der Waals surface area contributed by atoms with E-state index in [0.29, 0.717) is 22.5 Å². The van der Waals surface area contributed by atoms with Crippen LogP contribution in [0.2, 0.25) is 5.02 Å². The number of hydrogen-bond donors (Lipinski definition) is 5. The fraction of sp³-hybridized carbons (Fsp3) is 0.304. The number of anilines is 2. The van der Waals surface area contributed by atoms with Crippen LogP contribution in [0.15, 0.2) is 52.3 Å². The number of ether oxygens (including phenoxy) is 1. The summed E-state index contributed by atoms with van der Waals surface area (Å²) in [4.78, 5) is -1.26. The Morgan fingerprint density at radius 3 is 1.97 bits per heavy atom. The van der Waals surface area contributed by atoms with Crippen LogP contribution in [0.25, 0.3) is 10.8 Å². The molecule has 0 fully saturated rings. The van der Waals surface area contributed by atoms with Gasteiger partial charge in [-0.05, 0) is 60.7 Å². The summed E-state index contributed by atoms with van der Waals surface area (Å²) < 4.78 is 97.6. The standard InChI is InChI=1S/C10H14ClNO4S.C10H9NO6S2.C3H8/c1-7-5-10(9(12)6-8(7)11)16-3-2-4-17(13,14)15;11-7-2-1-6-3-8(18(12,13)14)5-10(9(6)4-7)19(15,16)17;1-3-2/h5-6H,2-4,12H2,1H3,(H,13,14,15);1-5H,11H2,(H,12,13,14)(H,15,16,17);3H2,1-2H3. The summed E-state index contributed by atoms with van der Waals surface area (Å²) in [6, 6.07) is 9.12. The number of aryl methyl sites for hydroxylation is 1. The Morgan fingerprint density at radius 1 is 0.872 bits per heavy atom. The SMILES string of the molecule is CCC.Cc1cc(OCCCS(=O)(=O)O)c(N)cc1Cl.Nc1ccc2cc(S(=O)(=O)O)cc(S(=O)(=O)O)c2c1. The Labute approximate surface area is 233 Å². The molecule has 0 atom stereocenters. The fourth-order valence-electron chi connectivity index (χ4n) is 2.90. The predicted molar refractivity (Wildman–Crippen MR) is 151 cm³/mol. The minimum absolute atomic E-state index is 0.0647. The van der Waals surface area contributed by atoms with Gasteiger partial charge in [0.2, 0.25) is 0 Å². The molecule has 0 aliphatic rings. The van der Waals surface area contributed by atoms with E-state index in [1.807, 2.05) is 6.92 Å². The van der Waals surface area contributed by atoms with E-state index in [1.165, 1.54) is 24.6 Å². The number of benzene rings is 3. The molecule has 3 aromatic carbocycles. The fourth-order valence-corrected chi connectivity index (χ4v) is 4.90. The van der Waals surface area contributed by atoms with Crippen LogP contribution in [-0.4, -0.2) is 51.3 Å². The average Bonchev–Trinajstić information content (AvgIpc) is 2.78. The van der Waals surface area contributed by atoms with Gasteiger partial charge in [0.25, 0.3) is 30.4 Å². The summed E-state index contributed by atoms with van der Waals surface area (Å²) in [5, 5.41) is 0.819. The van der Waals surface area contributed by atoms with Crippen molar-refractivity contribution in [1.82, 2.24) is 0 Å². The quantitative estimate of drug-likeness (QED) is 0.141. The van der Waals surface area contributed by atoms with E-state index in [1.54, 1.807) is 12.1 Å². The second kappa shape index (κ2) is 14.1. The lowest BCUT2D eigenvalue weighted by Crippen LogP contribution is -2.09. The maximum absolute atomic E-state index is 11.3. The van der Waals surface area contributed by atoms with Crippen molar-refractivity contribution in [2.45, 2.75) is 43.4 Å². The molecule has 0 bridgehead atoms. The molecule has 0 saturated carbocycles. The van der Waals surface area contributed by atoms with Crippen LogP contribution < -0.4 is 16.2 Å². The Hall–Kier alpha value is -2.66. The highest BCUT2D eigenvalue weighted by molar-refractivity contribution is 7.87. The first-order valence-electron chi connectivity index (χ1n) is 11.2. The van der Waals surface area contributed by atoms with E-state index in [2.05, 4.69) is 13.8 Å². The Bertz CT molecular complexity index is 1630. The molecule has 16 heteroatoms. The molecule has 12 nitrogen and oxygen atoms in total. The van der Waals surface area contributed by atoms with Crippen molar-refractivity contribution in [1.29, 1.82) is 0 Å². The molecule has 0 saturated heterocycles. The third kappa shape index (κ3) is 11.5. The first kappa shape index (κ1) is 34.4. The van der Waals surface area contributed by atoms with Crippen molar-refractivity contribution in [3.8, 4) is 5.75 Å². The molecule has 218 valence electrons. The number of hydrogen-bond acceptors (Lipinski definition) is 9. The van der Waals surface area contributed by atoms with Crippen LogP contribution in [-0.2, 0) is 30.4 Å². The molecule has 0 unspecified atom stereocenters. The lowest BCUT2D eigenvalue weighted by molar-refractivity contribution is 0.317. The van der Waals surface area contributed by atoms with Crippen LogP contribution >= 0.6 is 11.6 Å². The summed E-state index contributed by atoms with van der Waals surface area (Å²) in [5.74, 6) is 0.127. The van der Waals surface area contributed by atoms with Gasteiger partial charge in [-0.2, -0.15) is 25.3 Å².